The fourth-order valence-electron chi connectivity index (χ4n) is 3.69. The molecule has 0 spiro atoms. The summed E-state index contributed by atoms with van der Waals surface area (Å²) in [4.78, 5) is 37.5. The van der Waals surface area contributed by atoms with Crippen molar-refractivity contribution in [1.29, 1.82) is 0 Å². The molecule has 5 aromatic rings. The maximum Gasteiger partial charge on any atom is 0.264 e. The minimum absolute atomic E-state index is 0.128. The number of para-hydroxylation sites is 1. The van der Waals surface area contributed by atoms with E-state index in [0.717, 1.165) is 16.5 Å². The van der Waals surface area contributed by atoms with Crippen LogP contribution in [0.5, 0.6) is 5.75 Å². The van der Waals surface area contributed by atoms with Crippen molar-refractivity contribution in [1.82, 2.24) is 30.5 Å². The fourth-order valence-corrected chi connectivity index (χ4v) is 3.69. The molecule has 1 amide bonds. The molecule has 3 aromatic heterocycles. The van der Waals surface area contributed by atoms with Crippen molar-refractivity contribution in [2.45, 2.75) is 6.04 Å². The first-order valence-corrected chi connectivity index (χ1v) is 10.8. The SMILES string of the molecule is COc1ccc(C(NC(=O)c2cnc(-c3cccnn3)[nH]c2=O)c2ccc3ccccc3n2)cc1. The molecule has 1 unspecified atom stereocenters. The van der Waals surface area contributed by atoms with Crippen molar-refractivity contribution in [2.24, 2.45) is 0 Å². The lowest BCUT2D eigenvalue weighted by molar-refractivity contribution is 0.0940. The van der Waals surface area contributed by atoms with Gasteiger partial charge in [0.1, 0.15) is 17.0 Å². The van der Waals surface area contributed by atoms with Crippen LogP contribution < -0.4 is 15.6 Å². The molecule has 2 aromatic carbocycles. The highest BCUT2D eigenvalue weighted by Gasteiger charge is 2.22. The Bertz CT molecular complexity index is 1550. The quantitative estimate of drug-likeness (QED) is 0.395. The van der Waals surface area contributed by atoms with E-state index in [1.165, 1.54) is 12.4 Å². The molecule has 0 saturated heterocycles. The van der Waals surface area contributed by atoms with Gasteiger partial charge in [-0.1, -0.05) is 36.4 Å². The van der Waals surface area contributed by atoms with Crippen molar-refractivity contribution in [3.63, 3.8) is 0 Å². The Morgan fingerprint density at radius 3 is 2.57 bits per heavy atom. The lowest BCUT2D eigenvalue weighted by atomic mass is 10.0. The number of aromatic amines is 1. The third-order valence-corrected chi connectivity index (χ3v) is 5.50. The molecule has 0 aliphatic heterocycles. The molecular formula is C26H20N6O3. The third kappa shape index (κ3) is 4.60. The molecule has 0 aliphatic rings. The van der Waals surface area contributed by atoms with Crippen molar-refractivity contribution >= 4 is 16.8 Å². The summed E-state index contributed by atoms with van der Waals surface area (Å²) in [7, 11) is 1.59. The van der Waals surface area contributed by atoms with E-state index in [4.69, 9.17) is 9.72 Å². The number of H-pyrrole nitrogens is 1. The molecule has 0 bridgehead atoms. The second-order valence-electron chi connectivity index (χ2n) is 7.69. The van der Waals surface area contributed by atoms with Crippen LogP contribution in [0.25, 0.3) is 22.4 Å². The number of carbonyl (C=O) groups excluding carboxylic acids is 1. The Kier molecular flexibility index (Phi) is 5.96. The number of benzene rings is 2. The smallest absolute Gasteiger partial charge is 0.264 e. The van der Waals surface area contributed by atoms with E-state index in [0.29, 0.717) is 17.1 Å². The highest BCUT2D eigenvalue weighted by molar-refractivity contribution is 5.94. The lowest BCUT2D eigenvalue weighted by Gasteiger charge is -2.19. The van der Waals surface area contributed by atoms with Crippen LogP contribution in [0.3, 0.4) is 0 Å². The van der Waals surface area contributed by atoms with Crippen LogP contribution in [-0.2, 0) is 0 Å². The Morgan fingerprint density at radius 2 is 1.83 bits per heavy atom. The monoisotopic (exact) mass is 464 g/mol. The van der Waals surface area contributed by atoms with Gasteiger partial charge in [0.05, 0.1) is 24.4 Å². The Hall–Kier alpha value is -4.92. The number of hydrogen-bond donors (Lipinski definition) is 2. The Balaban J connectivity index is 1.50. The van der Waals surface area contributed by atoms with Crippen LogP contribution in [0, 0.1) is 0 Å². The number of ether oxygens (including phenoxy) is 1. The lowest BCUT2D eigenvalue weighted by Crippen LogP contribution is -2.34. The van der Waals surface area contributed by atoms with Crippen molar-refractivity contribution in [2.75, 3.05) is 7.11 Å². The van der Waals surface area contributed by atoms with Crippen LogP contribution in [0.2, 0.25) is 0 Å². The summed E-state index contributed by atoms with van der Waals surface area (Å²) in [6.45, 7) is 0. The van der Waals surface area contributed by atoms with E-state index in [-0.39, 0.29) is 11.4 Å². The molecule has 0 aliphatic carbocycles. The van der Waals surface area contributed by atoms with Gasteiger partial charge in [-0.3, -0.25) is 14.6 Å². The molecule has 0 saturated carbocycles. The first-order valence-electron chi connectivity index (χ1n) is 10.8. The zero-order chi connectivity index (χ0) is 24.2. The van der Waals surface area contributed by atoms with Crippen LogP contribution in [-0.4, -0.2) is 38.2 Å². The summed E-state index contributed by atoms with van der Waals surface area (Å²) in [5.41, 5.74) is 1.89. The molecule has 5 rings (SSSR count). The topological polar surface area (TPSA) is 123 Å². The average Bonchev–Trinajstić information content (AvgIpc) is 2.92. The van der Waals surface area contributed by atoms with Crippen LogP contribution in [0.4, 0.5) is 0 Å². The zero-order valence-corrected chi connectivity index (χ0v) is 18.7. The van der Waals surface area contributed by atoms with Crippen molar-refractivity contribution < 1.29 is 9.53 Å². The first kappa shape index (κ1) is 21.9. The number of aromatic nitrogens is 5. The zero-order valence-electron chi connectivity index (χ0n) is 18.7. The highest BCUT2D eigenvalue weighted by atomic mass is 16.5. The van der Waals surface area contributed by atoms with Gasteiger partial charge in [-0.25, -0.2) is 4.98 Å². The number of amides is 1. The maximum absolute atomic E-state index is 13.2. The fraction of sp³-hybridized carbons (Fsp3) is 0.0769. The van der Waals surface area contributed by atoms with Crippen molar-refractivity contribution in [3.05, 3.63) is 112 Å². The summed E-state index contributed by atoms with van der Waals surface area (Å²) in [6, 6.07) is 21.6. The van der Waals surface area contributed by atoms with E-state index < -0.39 is 17.5 Å². The number of pyridine rings is 1. The Labute approximate surface area is 199 Å². The number of fused-ring (bicyclic) bond motifs is 1. The number of nitrogens with zero attached hydrogens (tertiary/aromatic N) is 4. The summed E-state index contributed by atoms with van der Waals surface area (Å²) in [6.07, 6.45) is 2.75. The molecule has 1 atom stereocenters. The molecule has 9 nitrogen and oxygen atoms in total. The predicted octanol–water partition coefficient (Wildman–Crippen LogP) is 3.30. The number of nitrogens with one attached hydrogen (secondary N) is 2. The standard InChI is InChI=1S/C26H20N6O3/c1-35-18-11-8-17(9-12-18)23(21-13-10-16-5-2-3-6-20(16)29-21)30-25(33)19-15-27-24(31-26(19)34)22-7-4-14-28-32-22/h2-15,23H,1H3,(H,30,33)(H,27,31,34). The molecule has 3 heterocycles. The number of carbonyl (C=O) groups is 1. The van der Waals surface area contributed by atoms with Crippen molar-refractivity contribution in [3.8, 4) is 17.3 Å². The minimum Gasteiger partial charge on any atom is -0.497 e. The minimum atomic E-state index is -0.614. The average molecular weight is 464 g/mol. The largest absolute Gasteiger partial charge is 0.497 e. The molecule has 9 heteroatoms. The summed E-state index contributed by atoms with van der Waals surface area (Å²) < 4.78 is 5.26. The van der Waals surface area contributed by atoms with Gasteiger partial charge in [0.25, 0.3) is 11.5 Å². The van der Waals surface area contributed by atoms with Gasteiger partial charge < -0.3 is 15.0 Å². The first-order chi connectivity index (χ1) is 17.1. The van der Waals surface area contributed by atoms with Crippen LogP contribution in [0.1, 0.15) is 27.7 Å². The third-order valence-electron chi connectivity index (χ3n) is 5.50. The number of hydrogen-bond acceptors (Lipinski definition) is 7. The van der Waals surface area contributed by atoms with E-state index in [1.807, 2.05) is 48.5 Å². The van der Waals surface area contributed by atoms with E-state index in [1.54, 1.807) is 31.4 Å². The van der Waals surface area contributed by atoms with Gasteiger partial charge in [0, 0.05) is 17.8 Å². The van der Waals surface area contributed by atoms with E-state index in [9.17, 15) is 9.59 Å². The summed E-state index contributed by atoms with van der Waals surface area (Å²) >= 11 is 0. The van der Waals surface area contributed by atoms with Gasteiger partial charge >= 0.3 is 0 Å². The molecule has 2 N–H and O–H groups in total. The van der Waals surface area contributed by atoms with Gasteiger partial charge in [-0.15, -0.1) is 5.10 Å². The molecule has 35 heavy (non-hydrogen) atoms. The number of methoxy groups -OCH3 is 1. The van der Waals surface area contributed by atoms with Gasteiger partial charge in [0.15, 0.2) is 5.82 Å². The summed E-state index contributed by atoms with van der Waals surface area (Å²) in [5.74, 6) is 0.327. The molecule has 0 radical (unpaired) electrons. The van der Waals surface area contributed by atoms with Gasteiger partial charge in [-0.2, -0.15) is 5.10 Å². The maximum atomic E-state index is 13.2. The molecule has 0 fully saturated rings. The van der Waals surface area contributed by atoms with Gasteiger partial charge in [0.2, 0.25) is 0 Å². The molecular weight excluding hydrogens is 444 g/mol. The van der Waals surface area contributed by atoms with E-state index >= 15 is 0 Å². The second kappa shape index (κ2) is 9.52. The Morgan fingerprint density at radius 1 is 1.00 bits per heavy atom. The second-order valence-corrected chi connectivity index (χ2v) is 7.69. The normalized spacial score (nSPS) is 11.7. The van der Waals surface area contributed by atoms with Crippen LogP contribution in [0.15, 0.2) is 90.0 Å². The predicted molar refractivity (Wildman–Crippen MR) is 130 cm³/mol. The van der Waals surface area contributed by atoms with E-state index in [2.05, 4.69) is 25.5 Å². The van der Waals surface area contributed by atoms with Crippen LogP contribution >= 0.6 is 0 Å². The summed E-state index contributed by atoms with van der Waals surface area (Å²) in [5, 5.41) is 11.6. The number of rotatable bonds is 6. The molecule has 172 valence electrons. The highest BCUT2D eigenvalue weighted by Crippen LogP contribution is 2.25. The van der Waals surface area contributed by atoms with Gasteiger partial charge in [-0.05, 0) is 42.0 Å².